The van der Waals surface area contributed by atoms with Gasteiger partial charge in [-0.15, -0.1) is 25.6 Å². The lowest BCUT2D eigenvalue weighted by Crippen LogP contribution is -2.60. The van der Waals surface area contributed by atoms with Gasteiger partial charge in [0.05, 0.1) is 6.04 Å². The number of carbonyl (C=O) groups excluding carboxylic acids is 1. The zero-order valence-corrected chi connectivity index (χ0v) is 11.0. The molecule has 1 aromatic rings. The molecule has 1 fully saturated rings. The number of rotatable bonds is 3. The molecule has 5 nitrogen and oxygen atoms in total. The van der Waals surface area contributed by atoms with Crippen molar-refractivity contribution in [2.24, 2.45) is 5.73 Å². The second kappa shape index (κ2) is 6.19. The number of amides is 2. The highest BCUT2D eigenvalue weighted by molar-refractivity contribution is 5.91. The number of hydrogen-bond acceptors (Lipinski definition) is 3. The summed E-state index contributed by atoms with van der Waals surface area (Å²) in [4.78, 5) is 12.7. The molecule has 1 heterocycles. The Morgan fingerprint density at radius 1 is 1.30 bits per heavy atom. The summed E-state index contributed by atoms with van der Waals surface area (Å²) < 4.78 is 39.8. The van der Waals surface area contributed by atoms with Gasteiger partial charge in [0.25, 0.3) is 0 Å². The van der Waals surface area contributed by atoms with E-state index in [4.69, 9.17) is 5.73 Å². The molecule has 1 aliphatic heterocycles. The first kappa shape index (κ1) is 16.4. The minimum Gasteiger partial charge on any atom is -0.406 e. The topological polar surface area (TPSA) is 67.6 Å². The summed E-state index contributed by atoms with van der Waals surface area (Å²) in [6.07, 6.45) is -4.73. The second-order valence-electron chi connectivity index (χ2n) is 4.06. The average Bonchev–Trinajstić information content (AvgIpc) is 2.22. The molecule has 3 N–H and O–H groups in total. The van der Waals surface area contributed by atoms with Crippen LogP contribution in [0.15, 0.2) is 24.3 Å². The molecule has 0 radical (unpaired) electrons. The van der Waals surface area contributed by atoms with Crippen LogP contribution < -0.4 is 20.7 Å². The highest BCUT2D eigenvalue weighted by Crippen LogP contribution is 2.26. The van der Waals surface area contributed by atoms with Gasteiger partial charge in [-0.1, -0.05) is 0 Å². The fourth-order valence-corrected chi connectivity index (χ4v) is 1.78. The van der Waals surface area contributed by atoms with E-state index in [0.29, 0.717) is 18.8 Å². The van der Waals surface area contributed by atoms with E-state index in [1.165, 1.54) is 17.0 Å². The van der Waals surface area contributed by atoms with E-state index in [9.17, 15) is 18.0 Å². The smallest absolute Gasteiger partial charge is 0.406 e. The highest BCUT2D eigenvalue weighted by Gasteiger charge is 2.32. The minimum absolute atomic E-state index is 0. The van der Waals surface area contributed by atoms with Gasteiger partial charge in [-0.3, -0.25) is 4.90 Å². The van der Waals surface area contributed by atoms with E-state index in [2.05, 4.69) is 10.1 Å². The monoisotopic (exact) mass is 311 g/mol. The molecule has 2 amide bonds. The van der Waals surface area contributed by atoms with E-state index >= 15 is 0 Å². The van der Waals surface area contributed by atoms with Gasteiger partial charge in [0.15, 0.2) is 0 Å². The number of nitrogens with two attached hydrogens (primary N) is 1. The van der Waals surface area contributed by atoms with Crippen LogP contribution in [-0.4, -0.2) is 31.5 Å². The number of halogens is 4. The fraction of sp³-hybridized carbons (Fsp3) is 0.364. The summed E-state index contributed by atoms with van der Waals surface area (Å²) in [6, 6.07) is 4.30. The average molecular weight is 312 g/mol. The van der Waals surface area contributed by atoms with Gasteiger partial charge in [0.2, 0.25) is 0 Å². The number of hydrogen-bond donors (Lipinski definition) is 2. The number of anilines is 1. The third-order valence-corrected chi connectivity index (χ3v) is 2.71. The molecule has 1 saturated heterocycles. The maximum Gasteiger partial charge on any atom is 0.573 e. The standard InChI is InChI=1S/C11H12F3N3O2.ClH/c12-11(13,14)19-9-3-1-7(2-4-9)17(10(15)18)8-5-16-6-8;/h1-4,8,16H,5-6H2,(H2,15,18);1H. The van der Waals surface area contributed by atoms with Crippen LogP contribution in [-0.2, 0) is 0 Å². The van der Waals surface area contributed by atoms with Gasteiger partial charge in [0, 0.05) is 18.8 Å². The summed E-state index contributed by atoms with van der Waals surface area (Å²) in [5.74, 6) is -0.340. The largest absolute Gasteiger partial charge is 0.573 e. The van der Waals surface area contributed by atoms with Crippen LogP contribution in [0.2, 0.25) is 0 Å². The molecular weight excluding hydrogens is 299 g/mol. The number of primary amides is 1. The molecular formula is C11H13ClF3N3O2. The summed E-state index contributed by atoms with van der Waals surface area (Å²) in [5, 5.41) is 2.99. The van der Waals surface area contributed by atoms with Crippen molar-refractivity contribution >= 4 is 24.1 Å². The predicted octanol–water partition coefficient (Wildman–Crippen LogP) is 1.86. The van der Waals surface area contributed by atoms with Gasteiger partial charge in [-0.2, -0.15) is 0 Å². The zero-order chi connectivity index (χ0) is 14.0. The number of nitrogens with zero attached hydrogens (tertiary/aromatic N) is 1. The van der Waals surface area contributed by atoms with Gasteiger partial charge < -0.3 is 15.8 Å². The quantitative estimate of drug-likeness (QED) is 0.895. The van der Waals surface area contributed by atoms with Crippen molar-refractivity contribution in [2.45, 2.75) is 12.4 Å². The predicted molar refractivity (Wildman–Crippen MR) is 69.1 cm³/mol. The van der Waals surface area contributed by atoms with E-state index in [0.717, 1.165) is 12.1 Å². The summed E-state index contributed by atoms with van der Waals surface area (Å²) >= 11 is 0. The van der Waals surface area contributed by atoms with Gasteiger partial charge in [0.1, 0.15) is 5.75 Å². The molecule has 0 saturated carbocycles. The maximum absolute atomic E-state index is 12.0. The Bertz CT molecular complexity index is 463. The normalized spacial score (nSPS) is 14.9. The number of alkyl halides is 3. The number of benzene rings is 1. The first-order valence-electron chi connectivity index (χ1n) is 5.52. The van der Waals surface area contributed by atoms with Gasteiger partial charge in [-0.25, -0.2) is 4.79 Å². The molecule has 0 unspecified atom stereocenters. The Hall–Kier alpha value is -1.67. The number of carbonyl (C=O) groups is 1. The minimum atomic E-state index is -4.73. The van der Waals surface area contributed by atoms with Crippen LogP contribution >= 0.6 is 12.4 Å². The molecule has 9 heteroatoms. The Labute approximate surface area is 119 Å². The van der Waals surface area contributed by atoms with Crippen LogP contribution in [0.3, 0.4) is 0 Å². The number of urea groups is 1. The van der Waals surface area contributed by atoms with Gasteiger partial charge in [-0.05, 0) is 24.3 Å². The van der Waals surface area contributed by atoms with Crippen LogP contribution in [0.1, 0.15) is 0 Å². The second-order valence-corrected chi connectivity index (χ2v) is 4.06. The molecule has 2 rings (SSSR count). The van der Waals surface area contributed by atoms with Crippen molar-refractivity contribution in [2.75, 3.05) is 18.0 Å². The third-order valence-electron chi connectivity index (χ3n) is 2.71. The van der Waals surface area contributed by atoms with Crippen molar-refractivity contribution in [1.29, 1.82) is 0 Å². The van der Waals surface area contributed by atoms with Crippen LogP contribution in [0.5, 0.6) is 5.75 Å². The Morgan fingerprint density at radius 3 is 2.20 bits per heavy atom. The summed E-state index contributed by atoms with van der Waals surface area (Å²) in [5.41, 5.74) is 5.71. The van der Waals surface area contributed by atoms with Crippen molar-refractivity contribution in [1.82, 2.24) is 5.32 Å². The molecule has 112 valence electrons. The molecule has 0 aliphatic carbocycles. The van der Waals surface area contributed by atoms with E-state index in [1.807, 2.05) is 0 Å². The van der Waals surface area contributed by atoms with E-state index in [-0.39, 0.29) is 24.2 Å². The van der Waals surface area contributed by atoms with Crippen LogP contribution in [0, 0.1) is 0 Å². The van der Waals surface area contributed by atoms with Crippen LogP contribution in [0.4, 0.5) is 23.7 Å². The van der Waals surface area contributed by atoms with Crippen molar-refractivity contribution in [3.8, 4) is 5.75 Å². The summed E-state index contributed by atoms with van der Waals surface area (Å²) in [7, 11) is 0. The molecule has 0 bridgehead atoms. The Kier molecular flexibility index (Phi) is 5.07. The number of ether oxygens (including phenoxy) is 1. The molecule has 0 aromatic heterocycles. The first-order valence-corrected chi connectivity index (χ1v) is 5.52. The zero-order valence-electron chi connectivity index (χ0n) is 10.2. The Balaban J connectivity index is 0.00000200. The first-order chi connectivity index (χ1) is 8.87. The van der Waals surface area contributed by atoms with Gasteiger partial charge >= 0.3 is 12.4 Å². The molecule has 0 atom stereocenters. The SMILES string of the molecule is Cl.NC(=O)N(c1ccc(OC(F)(F)F)cc1)C1CNC1. The van der Waals surface area contributed by atoms with Crippen molar-refractivity contribution in [3.63, 3.8) is 0 Å². The van der Waals surface area contributed by atoms with E-state index in [1.54, 1.807) is 0 Å². The summed E-state index contributed by atoms with van der Waals surface area (Å²) in [6.45, 7) is 1.20. The van der Waals surface area contributed by atoms with E-state index < -0.39 is 12.4 Å². The molecule has 0 spiro atoms. The molecule has 20 heavy (non-hydrogen) atoms. The lowest BCUT2D eigenvalue weighted by atomic mass is 10.1. The number of nitrogens with one attached hydrogen (secondary N) is 1. The maximum atomic E-state index is 12.0. The molecule has 1 aliphatic rings. The third kappa shape index (κ3) is 3.91. The van der Waals surface area contributed by atoms with Crippen molar-refractivity contribution in [3.05, 3.63) is 24.3 Å². The highest BCUT2D eigenvalue weighted by atomic mass is 35.5. The van der Waals surface area contributed by atoms with Crippen LogP contribution in [0.25, 0.3) is 0 Å². The van der Waals surface area contributed by atoms with Crippen molar-refractivity contribution < 1.29 is 22.7 Å². The Morgan fingerprint density at radius 2 is 1.85 bits per heavy atom. The molecule has 1 aromatic carbocycles. The lowest BCUT2D eigenvalue weighted by Gasteiger charge is -2.37. The lowest BCUT2D eigenvalue weighted by molar-refractivity contribution is -0.274. The fourth-order valence-electron chi connectivity index (χ4n) is 1.78.